The minimum Gasteiger partial charge on any atom is -0.507 e. The molecule has 0 aliphatic heterocycles. The van der Waals surface area contributed by atoms with Crippen LogP contribution < -0.4 is 0 Å². The van der Waals surface area contributed by atoms with E-state index in [0.717, 1.165) is 6.07 Å². The van der Waals surface area contributed by atoms with Crippen LogP contribution in [0.5, 0.6) is 5.75 Å². The zero-order valence-corrected chi connectivity index (χ0v) is 11.9. The third-order valence-electron chi connectivity index (χ3n) is 2.08. The summed E-state index contributed by atoms with van der Waals surface area (Å²) in [6.45, 7) is 0. The van der Waals surface area contributed by atoms with Gasteiger partial charge in [-0.25, -0.2) is 4.18 Å². The van der Waals surface area contributed by atoms with Gasteiger partial charge >= 0.3 is 21.8 Å². The Balaban J connectivity index is 3.29. The van der Waals surface area contributed by atoms with E-state index in [1.807, 2.05) is 0 Å². The highest BCUT2D eigenvalue weighted by molar-refractivity contribution is 9.10. The van der Waals surface area contributed by atoms with E-state index in [1.165, 1.54) is 0 Å². The molecule has 0 saturated heterocycles. The van der Waals surface area contributed by atoms with Crippen LogP contribution in [0.2, 0.25) is 0 Å². The standard InChI is InChI=1S/C9H5BrF6O4S/c10-5-2-1-4(3-6(5)17)7(8(11,12)13)20-21(18,19)9(14,15)16/h1-3,7,17H. The van der Waals surface area contributed by atoms with Crippen molar-refractivity contribution in [2.75, 3.05) is 0 Å². The summed E-state index contributed by atoms with van der Waals surface area (Å²) in [5.74, 6) is -0.727. The molecule has 12 heteroatoms. The third kappa shape index (κ3) is 4.23. The molecule has 0 amide bonds. The fraction of sp³-hybridized carbons (Fsp3) is 0.333. The lowest BCUT2D eigenvalue weighted by atomic mass is 10.1. The largest absolute Gasteiger partial charge is 0.523 e. The summed E-state index contributed by atoms with van der Waals surface area (Å²) in [5, 5.41) is 9.23. The Labute approximate surface area is 122 Å². The average molecular weight is 403 g/mol. The number of phenols is 1. The van der Waals surface area contributed by atoms with Crippen LogP contribution in [-0.2, 0) is 14.3 Å². The number of hydrogen-bond acceptors (Lipinski definition) is 4. The second-order valence-electron chi connectivity index (χ2n) is 3.63. The zero-order valence-electron chi connectivity index (χ0n) is 9.54. The summed E-state index contributed by atoms with van der Waals surface area (Å²) < 4.78 is 99.1. The fourth-order valence-corrected chi connectivity index (χ4v) is 2.00. The summed E-state index contributed by atoms with van der Waals surface area (Å²) in [6.07, 6.45) is -8.85. The minimum absolute atomic E-state index is 0.0362. The predicted octanol–water partition coefficient (Wildman–Crippen LogP) is 3.62. The molecule has 0 fully saturated rings. The molecule has 1 N–H and O–H groups in total. The first-order valence-corrected chi connectivity index (χ1v) is 7.00. The predicted molar refractivity (Wildman–Crippen MR) is 60.7 cm³/mol. The van der Waals surface area contributed by atoms with Gasteiger partial charge in [-0.1, -0.05) is 6.07 Å². The lowest BCUT2D eigenvalue weighted by Gasteiger charge is -2.21. The van der Waals surface area contributed by atoms with Crippen LogP contribution in [0.3, 0.4) is 0 Å². The van der Waals surface area contributed by atoms with Gasteiger partial charge in [-0.15, -0.1) is 0 Å². The van der Waals surface area contributed by atoms with Crippen LogP contribution in [0.25, 0.3) is 0 Å². The maximum Gasteiger partial charge on any atom is 0.523 e. The zero-order chi connectivity index (χ0) is 16.6. The van der Waals surface area contributed by atoms with Crippen LogP contribution in [0.15, 0.2) is 22.7 Å². The van der Waals surface area contributed by atoms with Gasteiger partial charge in [0.25, 0.3) is 0 Å². The number of halogens is 7. The van der Waals surface area contributed by atoms with Crippen LogP contribution >= 0.6 is 15.9 Å². The molecule has 0 saturated carbocycles. The van der Waals surface area contributed by atoms with E-state index in [4.69, 9.17) is 0 Å². The summed E-state index contributed by atoms with van der Waals surface area (Å²) in [6, 6.07) is 2.00. The Kier molecular flexibility index (Phi) is 4.85. The number of hydrogen-bond donors (Lipinski definition) is 1. The highest BCUT2D eigenvalue weighted by Crippen LogP contribution is 2.41. The van der Waals surface area contributed by atoms with E-state index < -0.39 is 39.2 Å². The molecule has 0 spiro atoms. The Hall–Kier alpha value is -1.01. The highest BCUT2D eigenvalue weighted by atomic mass is 79.9. The van der Waals surface area contributed by atoms with Gasteiger partial charge in [-0.3, -0.25) is 0 Å². The van der Waals surface area contributed by atoms with Gasteiger partial charge in [-0.05, 0) is 33.6 Å². The lowest BCUT2D eigenvalue weighted by molar-refractivity contribution is -0.200. The third-order valence-corrected chi connectivity index (χ3v) is 3.76. The molecule has 1 aromatic carbocycles. The summed E-state index contributed by atoms with van der Waals surface area (Å²) >= 11 is 2.75. The van der Waals surface area contributed by atoms with E-state index in [-0.39, 0.29) is 4.47 Å². The van der Waals surface area contributed by atoms with Crippen LogP contribution in [0.1, 0.15) is 11.7 Å². The van der Waals surface area contributed by atoms with Crippen molar-refractivity contribution in [3.8, 4) is 5.75 Å². The van der Waals surface area contributed by atoms with Crippen molar-refractivity contribution in [1.82, 2.24) is 0 Å². The molecule has 21 heavy (non-hydrogen) atoms. The topological polar surface area (TPSA) is 63.6 Å². The van der Waals surface area contributed by atoms with Gasteiger partial charge in [0.15, 0.2) is 6.10 Å². The maximum atomic E-state index is 12.7. The fourth-order valence-electron chi connectivity index (χ4n) is 1.17. The number of aromatic hydroxyl groups is 1. The monoisotopic (exact) mass is 402 g/mol. The molecule has 0 aromatic heterocycles. The van der Waals surface area contributed by atoms with Crippen molar-refractivity contribution in [2.45, 2.75) is 17.8 Å². The first-order valence-electron chi connectivity index (χ1n) is 4.80. The molecule has 0 aliphatic carbocycles. The number of alkyl halides is 6. The number of phenolic OH excluding ortho intramolecular Hbond substituents is 1. The van der Waals surface area contributed by atoms with Gasteiger partial charge in [-0.2, -0.15) is 34.8 Å². The minimum atomic E-state index is -6.46. The quantitative estimate of drug-likeness (QED) is 0.476. The molecular formula is C9H5BrF6O4S. The van der Waals surface area contributed by atoms with Gasteiger partial charge in [0.1, 0.15) is 5.75 Å². The van der Waals surface area contributed by atoms with Crippen LogP contribution in [-0.4, -0.2) is 25.2 Å². The van der Waals surface area contributed by atoms with E-state index >= 15 is 0 Å². The van der Waals surface area contributed by atoms with Crippen molar-refractivity contribution >= 4 is 26.0 Å². The molecule has 0 radical (unpaired) electrons. The van der Waals surface area contributed by atoms with E-state index in [1.54, 1.807) is 0 Å². The van der Waals surface area contributed by atoms with E-state index in [9.17, 15) is 39.9 Å². The summed E-state index contributed by atoms with van der Waals surface area (Å²) in [5.41, 5.74) is -7.01. The highest BCUT2D eigenvalue weighted by Gasteiger charge is 2.54. The van der Waals surface area contributed by atoms with Crippen molar-refractivity contribution in [3.63, 3.8) is 0 Å². The van der Waals surface area contributed by atoms with Crippen LogP contribution in [0.4, 0.5) is 26.3 Å². The Morgan fingerprint density at radius 3 is 2.05 bits per heavy atom. The van der Waals surface area contributed by atoms with Crippen molar-refractivity contribution < 1.29 is 44.0 Å². The molecule has 0 bridgehead atoms. The molecule has 1 unspecified atom stereocenters. The molecule has 0 heterocycles. The second-order valence-corrected chi connectivity index (χ2v) is 6.05. The number of benzene rings is 1. The van der Waals surface area contributed by atoms with Crippen molar-refractivity contribution in [3.05, 3.63) is 28.2 Å². The molecule has 1 rings (SSSR count). The molecule has 1 aromatic rings. The van der Waals surface area contributed by atoms with E-state index in [0.29, 0.717) is 12.1 Å². The normalized spacial score (nSPS) is 15.0. The average Bonchev–Trinajstić information content (AvgIpc) is 2.27. The van der Waals surface area contributed by atoms with Crippen molar-refractivity contribution in [2.24, 2.45) is 0 Å². The van der Waals surface area contributed by atoms with Gasteiger partial charge < -0.3 is 5.11 Å². The summed E-state index contributed by atoms with van der Waals surface area (Å²) in [7, 11) is -6.46. The van der Waals surface area contributed by atoms with Crippen LogP contribution in [0, 0.1) is 0 Å². The molecule has 4 nitrogen and oxygen atoms in total. The molecular weight excluding hydrogens is 398 g/mol. The Bertz CT molecular complexity index is 624. The van der Waals surface area contributed by atoms with E-state index in [2.05, 4.69) is 20.1 Å². The molecule has 1 atom stereocenters. The van der Waals surface area contributed by atoms with Crippen molar-refractivity contribution in [1.29, 1.82) is 0 Å². The lowest BCUT2D eigenvalue weighted by Crippen LogP contribution is -2.32. The first kappa shape index (κ1) is 18.0. The maximum absolute atomic E-state index is 12.7. The smallest absolute Gasteiger partial charge is 0.507 e. The Morgan fingerprint density at radius 2 is 1.67 bits per heavy atom. The Morgan fingerprint density at radius 1 is 1.14 bits per heavy atom. The summed E-state index contributed by atoms with van der Waals surface area (Å²) in [4.78, 5) is 0. The number of rotatable bonds is 3. The van der Waals surface area contributed by atoms with Gasteiger partial charge in [0, 0.05) is 0 Å². The molecule has 0 aliphatic rings. The second kappa shape index (κ2) is 5.65. The molecule has 120 valence electrons. The SMILES string of the molecule is O=S(=O)(OC(c1ccc(Br)c(O)c1)C(F)(F)F)C(F)(F)F. The van der Waals surface area contributed by atoms with Gasteiger partial charge in [0.05, 0.1) is 4.47 Å². The van der Waals surface area contributed by atoms with Gasteiger partial charge in [0.2, 0.25) is 0 Å². The first-order chi connectivity index (χ1) is 9.25.